The first-order chi connectivity index (χ1) is 8.79. The summed E-state index contributed by atoms with van der Waals surface area (Å²) in [5.41, 5.74) is 7.04. The van der Waals surface area contributed by atoms with Gasteiger partial charge in [-0.2, -0.15) is 0 Å². The Balaban J connectivity index is 2.37. The summed E-state index contributed by atoms with van der Waals surface area (Å²) in [4.78, 5) is 8.92. The fourth-order valence-corrected chi connectivity index (χ4v) is 2.36. The van der Waals surface area contributed by atoms with E-state index in [9.17, 15) is 0 Å². The Morgan fingerprint density at radius 3 is 2.68 bits per heavy atom. The lowest BCUT2D eigenvalue weighted by atomic mass is 9.98. The summed E-state index contributed by atoms with van der Waals surface area (Å²) in [6.07, 6.45) is 0.879. The molecule has 0 atom stereocenters. The first-order valence-electron chi connectivity index (χ1n) is 6.77. The Labute approximate surface area is 120 Å². The van der Waals surface area contributed by atoms with Crippen molar-refractivity contribution in [1.29, 1.82) is 0 Å². The Morgan fingerprint density at radius 2 is 2.16 bits per heavy atom. The van der Waals surface area contributed by atoms with E-state index < -0.39 is 0 Å². The van der Waals surface area contributed by atoms with Gasteiger partial charge in [0.2, 0.25) is 0 Å². The molecule has 0 amide bonds. The fourth-order valence-electron chi connectivity index (χ4n) is 1.42. The Hall–Kier alpha value is -1.10. The van der Waals surface area contributed by atoms with E-state index in [4.69, 9.17) is 5.73 Å². The number of nitrogens with one attached hydrogen (secondary N) is 1. The lowest BCUT2D eigenvalue weighted by Crippen LogP contribution is -2.33. The average Bonchev–Trinajstić information content (AvgIpc) is 2.74. The van der Waals surface area contributed by atoms with Crippen molar-refractivity contribution in [1.82, 2.24) is 10.3 Å². The fraction of sp³-hybridized carbons (Fsp3) is 0.714. The highest BCUT2D eigenvalue weighted by atomic mass is 32.1. The molecule has 0 saturated carbocycles. The molecule has 0 aliphatic heterocycles. The van der Waals surface area contributed by atoms with E-state index in [0.29, 0.717) is 11.9 Å². The monoisotopic (exact) mass is 282 g/mol. The van der Waals surface area contributed by atoms with Gasteiger partial charge in [0.1, 0.15) is 0 Å². The SMILES string of the molecule is CC(C)CN=C(N)NCCc1csc(C(C)(C)C)n1. The summed E-state index contributed by atoms with van der Waals surface area (Å²) < 4.78 is 0. The third kappa shape index (κ3) is 6.05. The Morgan fingerprint density at radius 1 is 1.47 bits per heavy atom. The molecule has 1 aromatic heterocycles. The van der Waals surface area contributed by atoms with E-state index in [1.165, 1.54) is 5.01 Å². The van der Waals surface area contributed by atoms with Gasteiger partial charge in [-0.05, 0) is 5.92 Å². The number of hydrogen-bond donors (Lipinski definition) is 2. The molecule has 0 aliphatic carbocycles. The van der Waals surface area contributed by atoms with Crippen LogP contribution >= 0.6 is 11.3 Å². The van der Waals surface area contributed by atoms with Crippen molar-refractivity contribution in [2.24, 2.45) is 16.6 Å². The Bertz CT molecular complexity index is 415. The van der Waals surface area contributed by atoms with Crippen LogP contribution < -0.4 is 11.1 Å². The molecule has 108 valence electrons. The van der Waals surface area contributed by atoms with E-state index in [1.807, 2.05) is 0 Å². The number of thiazole rings is 1. The molecule has 0 bridgehead atoms. The van der Waals surface area contributed by atoms with Crippen LogP contribution in [0.15, 0.2) is 10.4 Å². The normalized spacial score (nSPS) is 13.1. The van der Waals surface area contributed by atoms with Gasteiger partial charge < -0.3 is 11.1 Å². The van der Waals surface area contributed by atoms with Gasteiger partial charge >= 0.3 is 0 Å². The highest BCUT2D eigenvalue weighted by molar-refractivity contribution is 7.09. The van der Waals surface area contributed by atoms with E-state index >= 15 is 0 Å². The molecule has 0 spiro atoms. The van der Waals surface area contributed by atoms with E-state index in [0.717, 1.165) is 25.2 Å². The number of guanidine groups is 1. The van der Waals surface area contributed by atoms with Crippen LogP contribution in [0, 0.1) is 5.92 Å². The number of nitrogens with zero attached hydrogens (tertiary/aromatic N) is 2. The van der Waals surface area contributed by atoms with Gasteiger partial charge in [-0.3, -0.25) is 4.99 Å². The summed E-state index contributed by atoms with van der Waals surface area (Å²) in [7, 11) is 0. The lowest BCUT2D eigenvalue weighted by molar-refractivity contribution is 0.582. The lowest BCUT2D eigenvalue weighted by Gasteiger charge is -2.13. The average molecular weight is 282 g/mol. The number of aliphatic imine (C=N–C) groups is 1. The third-order valence-electron chi connectivity index (χ3n) is 2.51. The summed E-state index contributed by atoms with van der Waals surface area (Å²) >= 11 is 1.73. The minimum Gasteiger partial charge on any atom is -0.370 e. The second kappa shape index (κ2) is 6.89. The second-order valence-corrected chi connectivity index (χ2v) is 7.05. The van der Waals surface area contributed by atoms with Crippen LogP contribution in [0.4, 0.5) is 0 Å². The summed E-state index contributed by atoms with van der Waals surface area (Å²) in [6.45, 7) is 12.4. The molecule has 0 aromatic carbocycles. The molecule has 5 heteroatoms. The van der Waals surface area contributed by atoms with Gasteiger partial charge in [-0.25, -0.2) is 4.98 Å². The molecule has 1 heterocycles. The summed E-state index contributed by atoms with van der Waals surface area (Å²) in [5, 5.41) is 6.44. The predicted molar refractivity (Wildman–Crippen MR) is 83.8 cm³/mol. The first-order valence-corrected chi connectivity index (χ1v) is 7.65. The molecule has 0 unspecified atom stereocenters. The van der Waals surface area contributed by atoms with Crippen molar-refractivity contribution < 1.29 is 0 Å². The van der Waals surface area contributed by atoms with Gasteiger partial charge in [-0.1, -0.05) is 34.6 Å². The zero-order chi connectivity index (χ0) is 14.5. The van der Waals surface area contributed by atoms with Crippen molar-refractivity contribution in [3.8, 4) is 0 Å². The minimum atomic E-state index is 0.133. The number of aromatic nitrogens is 1. The maximum Gasteiger partial charge on any atom is 0.188 e. The van der Waals surface area contributed by atoms with Crippen molar-refractivity contribution in [3.05, 3.63) is 16.1 Å². The summed E-state index contributed by atoms with van der Waals surface area (Å²) in [6, 6.07) is 0. The van der Waals surface area contributed by atoms with Crippen molar-refractivity contribution in [2.75, 3.05) is 13.1 Å². The Kier molecular flexibility index (Phi) is 5.79. The van der Waals surface area contributed by atoms with Crippen LogP contribution in [0.1, 0.15) is 45.3 Å². The molecule has 0 saturated heterocycles. The van der Waals surface area contributed by atoms with Gasteiger partial charge in [0.25, 0.3) is 0 Å². The molecule has 1 rings (SSSR count). The van der Waals surface area contributed by atoms with Crippen LogP contribution in [0.5, 0.6) is 0 Å². The highest BCUT2D eigenvalue weighted by Gasteiger charge is 2.17. The van der Waals surface area contributed by atoms with E-state index in [2.05, 4.69) is 55.3 Å². The van der Waals surface area contributed by atoms with Crippen molar-refractivity contribution >= 4 is 17.3 Å². The molecule has 0 fully saturated rings. The zero-order valence-electron chi connectivity index (χ0n) is 12.7. The standard InChI is InChI=1S/C14H26N4S/c1-10(2)8-17-13(15)16-7-6-11-9-19-12(18-11)14(3,4)5/h9-10H,6-8H2,1-5H3,(H3,15,16,17). The third-order valence-corrected chi connectivity index (χ3v) is 3.82. The van der Waals surface area contributed by atoms with Gasteiger partial charge in [0.05, 0.1) is 10.7 Å². The maximum absolute atomic E-state index is 5.78. The molecular weight excluding hydrogens is 256 g/mol. The van der Waals surface area contributed by atoms with Gasteiger partial charge in [0.15, 0.2) is 5.96 Å². The second-order valence-electron chi connectivity index (χ2n) is 6.19. The quantitative estimate of drug-likeness (QED) is 0.644. The molecule has 1 aromatic rings. The predicted octanol–water partition coefficient (Wildman–Crippen LogP) is 2.54. The molecule has 0 aliphatic rings. The maximum atomic E-state index is 5.78. The van der Waals surface area contributed by atoms with E-state index in [-0.39, 0.29) is 5.41 Å². The number of nitrogens with two attached hydrogens (primary N) is 1. The minimum absolute atomic E-state index is 0.133. The molecule has 19 heavy (non-hydrogen) atoms. The van der Waals surface area contributed by atoms with Gasteiger partial charge in [-0.15, -0.1) is 11.3 Å². The molecule has 0 radical (unpaired) electrons. The number of rotatable bonds is 5. The van der Waals surface area contributed by atoms with Crippen LogP contribution in [0.2, 0.25) is 0 Å². The smallest absolute Gasteiger partial charge is 0.188 e. The summed E-state index contributed by atoms with van der Waals surface area (Å²) in [5.74, 6) is 1.06. The molecular formula is C14H26N4S. The van der Waals surface area contributed by atoms with Gasteiger partial charge in [0, 0.05) is 30.3 Å². The van der Waals surface area contributed by atoms with Crippen LogP contribution in [-0.2, 0) is 11.8 Å². The topological polar surface area (TPSA) is 63.3 Å². The van der Waals surface area contributed by atoms with Crippen LogP contribution in [0.3, 0.4) is 0 Å². The van der Waals surface area contributed by atoms with Crippen LogP contribution in [-0.4, -0.2) is 24.0 Å². The number of hydrogen-bond acceptors (Lipinski definition) is 3. The van der Waals surface area contributed by atoms with E-state index in [1.54, 1.807) is 11.3 Å². The highest BCUT2D eigenvalue weighted by Crippen LogP contribution is 2.25. The largest absolute Gasteiger partial charge is 0.370 e. The van der Waals surface area contributed by atoms with Crippen molar-refractivity contribution in [3.63, 3.8) is 0 Å². The zero-order valence-corrected chi connectivity index (χ0v) is 13.5. The molecule has 4 nitrogen and oxygen atoms in total. The molecule has 3 N–H and O–H groups in total. The van der Waals surface area contributed by atoms with Crippen LogP contribution in [0.25, 0.3) is 0 Å². The van der Waals surface area contributed by atoms with Crippen molar-refractivity contribution in [2.45, 2.75) is 46.5 Å². The first kappa shape index (κ1) is 16.0.